The highest BCUT2D eigenvalue weighted by molar-refractivity contribution is 5.68. The molecule has 0 spiro atoms. The number of aliphatic carboxylic acids is 1. The number of ether oxygens (including phenoxy) is 1. The van der Waals surface area contributed by atoms with E-state index in [0.29, 0.717) is 6.61 Å². The molecule has 13 heavy (non-hydrogen) atoms. The molecule has 0 aliphatic carbocycles. The SMILES string of the molecule is CCOC(C(=O)O)[n+]1ccccc1. The van der Waals surface area contributed by atoms with E-state index < -0.39 is 12.2 Å². The first-order valence-electron chi connectivity index (χ1n) is 4.06. The van der Waals surface area contributed by atoms with Crippen LogP contribution in [0.25, 0.3) is 0 Å². The van der Waals surface area contributed by atoms with Crippen molar-refractivity contribution in [3.05, 3.63) is 30.6 Å². The average molecular weight is 182 g/mol. The Morgan fingerprint density at radius 2 is 2.08 bits per heavy atom. The maximum absolute atomic E-state index is 10.7. The van der Waals surface area contributed by atoms with Gasteiger partial charge in [-0.25, -0.2) is 4.79 Å². The fraction of sp³-hybridized carbons (Fsp3) is 0.333. The predicted octanol–water partition coefficient (Wildman–Crippen LogP) is 0.594. The summed E-state index contributed by atoms with van der Waals surface area (Å²) in [6.45, 7) is 2.14. The summed E-state index contributed by atoms with van der Waals surface area (Å²) in [5, 5.41) is 8.81. The lowest BCUT2D eigenvalue weighted by Crippen LogP contribution is -2.44. The Labute approximate surface area is 76.4 Å². The lowest BCUT2D eigenvalue weighted by atomic mass is 10.4. The maximum Gasteiger partial charge on any atom is 0.404 e. The Morgan fingerprint density at radius 3 is 2.54 bits per heavy atom. The van der Waals surface area contributed by atoms with Gasteiger partial charge in [-0.2, -0.15) is 4.57 Å². The number of nitrogens with zero attached hydrogens (tertiary/aromatic N) is 1. The van der Waals surface area contributed by atoms with Crippen LogP contribution in [0.5, 0.6) is 0 Å². The molecule has 0 fully saturated rings. The van der Waals surface area contributed by atoms with Crippen molar-refractivity contribution in [2.75, 3.05) is 6.61 Å². The van der Waals surface area contributed by atoms with E-state index in [2.05, 4.69) is 0 Å². The summed E-state index contributed by atoms with van der Waals surface area (Å²) in [7, 11) is 0. The first kappa shape index (κ1) is 9.67. The van der Waals surface area contributed by atoms with Crippen LogP contribution in [0.4, 0.5) is 0 Å². The van der Waals surface area contributed by atoms with Crippen molar-refractivity contribution >= 4 is 5.97 Å². The average Bonchev–Trinajstić information content (AvgIpc) is 2.15. The number of carboxylic acid groups (broad SMARTS) is 1. The summed E-state index contributed by atoms with van der Waals surface area (Å²) < 4.78 is 6.56. The smallest absolute Gasteiger partial charge is 0.404 e. The molecule has 4 nitrogen and oxygen atoms in total. The normalized spacial score (nSPS) is 12.4. The lowest BCUT2D eigenvalue weighted by Gasteiger charge is -2.06. The second kappa shape index (κ2) is 4.57. The molecule has 1 atom stereocenters. The van der Waals surface area contributed by atoms with Crippen LogP contribution in [-0.2, 0) is 9.53 Å². The highest BCUT2D eigenvalue weighted by atomic mass is 16.5. The van der Waals surface area contributed by atoms with Gasteiger partial charge >= 0.3 is 12.2 Å². The summed E-state index contributed by atoms with van der Waals surface area (Å²) in [4.78, 5) is 10.7. The number of rotatable bonds is 4. The summed E-state index contributed by atoms with van der Waals surface area (Å²) >= 11 is 0. The molecule has 4 heteroatoms. The molecule has 0 saturated carbocycles. The number of carboxylic acids is 1. The number of hydrogen-bond donors (Lipinski definition) is 1. The molecule has 0 aliphatic heterocycles. The Bertz CT molecular complexity index is 273. The summed E-state index contributed by atoms with van der Waals surface area (Å²) in [5.41, 5.74) is 0. The minimum atomic E-state index is -0.988. The molecule has 0 saturated heterocycles. The number of hydrogen-bond acceptors (Lipinski definition) is 2. The van der Waals surface area contributed by atoms with Crippen LogP contribution in [0.3, 0.4) is 0 Å². The topological polar surface area (TPSA) is 50.4 Å². The molecule has 0 radical (unpaired) electrons. The zero-order valence-corrected chi connectivity index (χ0v) is 7.38. The van der Waals surface area contributed by atoms with Gasteiger partial charge in [-0.15, -0.1) is 0 Å². The van der Waals surface area contributed by atoms with Crippen molar-refractivity contribution in [1.29, 1.82) is 0 Å². The van der Waals surface area contributed by atoms with Crippen molar-refractivity contribution in [1.82, 2.24) is 0 Å². The molecule has 1 aromatic heterocycles. The van der Waals surface area contributed by atoms with Crippen LogP contribution in [0.15, 0.2) is 30.6 Å². The van der Waals surface area contributed by atoms with Crippen LogP contribution in [-0.4, -0.2) is 17.7 Å². The van der Waals surface area contributed by atoms with Gasteiger partial charge in [0.25, 0.3) is 0 Å². The Kier molecular flexibility index (Phi) is 3.40. The highest BCUT2D eigenvalue weighted by Crippen LogP contribution is 1.98. The van der Waals surface area contributed by atoms with Crippen molar-refractivity contribution in [3.63, 3.8) is 0 Å². The molecule has 0 aromatic carbocycles. The van der Waals surface area contributed by atoms with E-state index in [1.54, 1.807) is 31.5 Å². The minimum absolute atomic E-state index is 0.374. The fourth-order valence-electron chi connectivity index (χ4n) is 1.01. The third kappa shape index (κ3) is 2.52. The molecule has 1 aromatic rings. The largest absolute Gasteiger partial charge is 0.474 e. The molecule has 1 unspecified atom stereocenters. The second-order valence-electron chi connectivity index (χ2n) is 2.47. The molecule has 0 aliphatic rings. The second-order valence-corrected chi connectivity index (χ2v) is 2.47. The molecular weight excluding hydrogens is 170 g/mol. The zero-order chi connectivity index (χ0) is 9.68. The number of pyridine rings is 1. The van der Waals surface area contributed by atoms with Gasteiger partial charge in [-0.1, -0.05) is 6.07 Å². The van der Waals surface area contributed by atoms with Crippen LogP contribution in [0.2, 0.25) is 0 Å². The van der Waals surface area contributed by atoms with E-state index in [-0.39, 0.29) is 0 Å². The van der Waals surface area contributed by atoms with Crippen molar-refractivity contribution in [3.8, 4) is 0 Å². The Balaban J connectivity index is 2.82. The maximum atomic E-state index is 10.7. The van der Waals surface area contributed by atoms with Crippen LogP contribution in [0, 0.1) is 0 Å². The predicted molar refractivity (Wildman–Crippen MR) is 44.9 cm³/mol. The van der Waals surface area contributed by atoms with Crippen LogP contribution < -0.4 is 4.57 Å². The van der Waals surface area contributed by atoms with E-state index in [9.17, 15) is 4.79 Å². The van der Waals surface area contributed by atoms with Crippen molar-refractivity contribution in [2.45, 2.75) is 13.2 Å². The number of aromatic nitrogens is 1. The standard InChI is InChI=1S/C9H11NO3/c1-2-13-8(9(11)12)10-6-4-3-5-7-10/h3-8H,2H2,1H3/p+1. The summed E-state index contributed by atoms with van der Waals surface area (Å²) in [5.74, 6) is -0.988. The van der Waals surface area contributed by atoms with E-state index >= 15 is 0 Å². The molecule has 1 heterocycles. The van der Waals surface area contributed by atoms with Gasteiger partial charge in [-0.3, -0.25) is 0 Å². The van der Waals surface area contributed by atoms with E-state index in [1.165, 1.54) is 4.57 Å². The first-order valence-corrected chi connectivity index (χ1v) is 4.06. The van der Waals surface area contributed by atoms with Crippen molar-refractivity contribution in [2.24, 2.45) is 0 Å². The van der Waals surface area contributed by atoms with Gasteiger partial charge in [0.2, 0.25) is 0 Å². The summed E-state index contributed by atoms with van der Waals surface area (Å²) in [6, 6.07) is 5.34. The Morgan fingerprint density at radius 1 is 1.46 bits per heavy atom. The molecular formula is C9H12NO3+. The van der Waals surface area contributed by atoms with E-state index in [1.807, 2.05) is 6.07 Å². The van der Waals surface area contributed by atoms with Gasteiger partial charge in [-0.05, 0) is 6.92 Å². The van der Waals surface area contributed by atoms with Gasteiger partial charge in [0.05, 0.1) is 6.61 Å². The lowest BCUT2D eigenvalue weighted by molar-refractivity contribution is -0.748. The zero-order valence-electron chi connectivity index (χ0n) is 7.38. The van der Waals surface area contributed by atoms with E-state index in [0.717, 1.165) is 0 Å². The fourth-order valence-corrected chi connectivity index (χ4v) is 1.01. The third-order valence-electron chi connectivity index (χ3n) is 1.55. The monoisotopic (exact) mass is 182 g/mol. The van der Waals surface area contributed by atoms with Gasteiger partial charge in [0, 0.05) is 12.1 Å². The Hall–Kier alpha value is -1.42. The van der Waals surface area contributed by atoms with Gasteiger partial charge in [0.15, 0.2) is 12.4 Å². The van der Waals surface area contributed by atoms with Gasteiger partial charge in [0.1, 0.15) is 0 Å². The molecule has 1 rings (SSSR count). The third-order valence-corrected chi connectivity index (χ3v) is 1.55. The minimum Gasteiger partial charge on any atom is -0.474 e. The molecule has 70 valence electrons. The quantitative estimate of drug-likeness (QED) is 0.693. The summed E-state index contributed by atoms with van der Waals surface area (Å²) in [6.07, 6.45) is 2.40. The van der Waals surface area contributed by atoms with Crippen molar-refractivity contribution < 1.29 is 19.2 Å². The number of carbonyl (C=O) groups is 1. The molecule has 0 amide bonds. The first-order chi connectivity index (χ1) is 6.25. The van der Waals surface area contributed by atoms with E-state index in [4.69, 9.17) is 9.84 Å². The van der Waals surface area contributed by atoms with Crippen LogP contribution >= 0.6 is 0 Å². The van der Waals surface area contributed by atoms with Crippen LogP contribution in [0.1, 0.15) is 13.2 Å². The highest BCUT2D eigenvalue weighted by Gasteiger charge is 2.26. The molecule has 0 bridgehead atoms. The van der Waals surface area contributed by atoms with Gasteiger partial charge < -0.3 is 9.84 Å². The molecule has 1 N–H and O–H groups in total.